The van der Waals surface area contributed by atoms with E-state index in [9.17, 15) is 0 Å². The molecule has 0 amide bonds. The lowest BCUT2D eigenvalue weighted by molar-refractivity contribution is -0.0299. The van der Waals surface area contributed by atoms with E-state index < -0.39 is 0 Å². The number of hydrogen-bond donors (Lipinski definition) is 1. The van der Waals surface area contributed by atoms with Gasteiger partial charge in [-0.2, -0.15) is 0 Å². The molecule has 0 aromatic heterocycles. The van der Waals surface area contributed by atoms with Crippen LogP contribution in [0.3, 0.4) is 0 Å². The lowest BCUT2D eigenvalue weighted by atomic mass is 9.89. The summed E-state index contributed by atoms with van der Waals surface area (Å²) < 4.78 is 10.9. The van der Waals surface area contributed by atoms with Gasteiger partial charge in [0, 0.05) is 6.61 Å². The molecule has 3 nitrogen and oxygen atoms in total. The van der Waals surface area contributed by atoms with Gasteiger partial charge in [0.05, 0.1) is 18.8 Å². The van der Waals surface area contributed by atoms with E-state index in [1.54, 1.807) is 7.11 Å². The molecule has 0 aliphatic heterocycles. The number of hydrogen-bond acceptors (Lipinski definition) is 3. The summed E-state index contributed by atoms with van der Waals surface area (Å²) in [6.45, 7) is 8.72. The molecule has 1 aromatic carbocycles. The number of methoxy groups -OCH3 is 1. The Morgan fingerprint density at radius 3 is 2.47 bits per heavy atom. The minimum atomic E-state index is -0.367. The predicted molar refractivity (Wildman–Crippen MR) is 70.4 cm³/mol. The van der Waals surface area contributed by atoms with Crippen LogP contribution in [0.4, 0.5) is 0 Å². The van der Waals surface area contributed by atoms with Crippen molar-refractivity contribution in [3.8, 4) is 5.75 Å². The Labute approximate surface area is 104 Å². The van der Waals surface area contributed by atoms with Crippen LogP contribution in [0.25, 0.3) is 0 Å². The normalized spacial score (nSPS) is 13.5. The van der Waals surface area contributed by atoms with E-state index in [1.807, 2.05) is 45.9 Å². The van der Waals surface area contributed by atoms with Crippen molar-refractivity contribution < 1.29 is 9.47 Å². The highest BCUT2D eigenvalue weighted by Gasteiger charge is 2.29. The molecule has 1 rings (SSSR count). The van der Waals surface area contributed by atoms with Gasteiger partial charge in [0.1, 0.15) is 5.75 Å². The quantitative estimate of drug-likeness (QED) is 0.856. The molecule has 0 radical (unpaired) electrons. The molecular weight excluding hydrogens is 214 g/mol. The van der Waals surface area contributed by atoms with Gasteiger partial charge in [0.25, 0.3) is 0 Å². The summed E-state index contributed by atoms with van der Waals surface area (Å²) in [7, 11) is 1.67. The molecule has 0 aliphatic carbocycles. The van der Waals surface area contributed by atoms with Gasteiger partial charge in [-0.05, 0) is 51.0 Å². The number of nitrogens with two attached hydrogens (primary N) is 1. The maximum Gasteiger partial charge on any atom is 0.119 e. The topological polar surface area (TPSA) is 44.5 Å². The van der Waals surface area contributed by atoms with Gasteiger partial charge in [-0.1, -0.05) is 6.07 Å². The first-order chi connectivity index (χ1) is 7.92. The zero-order valence-electron chi connectivity index (χ0n) is 11.4. The zero-order valence-corrected chi connectivity index (χ0v) is 11.4. The van der Waals surface area contributed by atoms with E-state index in [0.717, 1.165) is 16.9 Å². The first-order valence-electron chi connectivity index (χ1n) is 5.96. The molecule has 1 aromatic rings. The lowest BCUT2D eigenvalue weighted by Crippen LogP contribution is -2.38. The SMILES string of the molecule is CCOC(C)(C)C(N)c1ccc(OC)cc1C. The Kier molecular flexibility index (Phi) is 4.54. The number of benzene rings is 1. The third kappa shape index (κ3) is 3.20. The third-order valence-electron chi connectivity index (χ3n) is 3.08. The third-order valence-corrected chi connectivity index (χ3v) is 3.08. The monoisotopic (exact) mass is 237 g/mol. The van der Waals surface area contributed by atoms with Crippen molar-refractivity contribution in [2.45, 2.75) is 39.3 Å². The van der Waals surface area contributed by atoms with E-state index >= 15 is 0 Å². The van der Waals surface area contributed by atoms with Crippen LogP contribution in [-0.4, -0.2) is 19.3 Å². The van der Waals surface area contributed by atoms with Gasteiger partial charge in [-0.15, -0.1) is 0 Å². The number of rotatable bonds is 5. The second kappa shape index (κ2) is 5.52. The minimum absolute atomic E-state index is 0.145. The molecule has 0 bridgehead atoms. The molecule has 0 fully saturated rings. The van der Waals surface area contributed by atoms with Crippen LogP contribution in [0.5, 0.6) is 5.75 Å². The average molecular weight is 237 g/mol. The Balaban J connectivity index is 3.00. The molecule has 3 heteroatoms. The molecule has 2 N–H and O–H groups in total. The fourth-order valence-corrected chi connectivity index (χ4v) is 1.96. The van der Waals surface area contributed by atoms with Gasteiger partial charge in [0.15, 0.2) is 0 Å². The summed E-state index contributed by atoms with van der Waals surface area (Å²) in [5, 5.41) is 0. The first kappa shape index (κ1) is 14.0. The number of aryl methyl sites for hydroxylation is 1. The van der Waals surface area contributed by atoms with Crippen molar-refractivity contribution in [1.82, 2.24) is 0 Å². The van der Waals surface area contributed by atoms with Crippen molar-refractivity contribution in [2.24, 2.45) is 5.73 Å². The Hall–Kier alpha value is -1.06. The predicted octanol–water partition coefficient (Wildman–Crippen LogP) is 2.82. The Morgan fingerprint density at radius 1 is 1.35 bits per heavy atom. The molecule has 1 atom stereocenters. The highest BCUT2D eigenvalue weighted by molar-refractivity contribution is 5.37. The number of ether oxygens (including phenoxy) is 2. The van der Waals surface area contributed by atoms with Crippen LogP contribution < -0.4 is 10.5 Å². The van der Waals surface area contributed by atoms with Gasteiger partial charge >= 0.3 is 0 Å². The van der Waals surface area contributed by atoms with Gasteiger partial charge < -0.3 is 15.2 Å². The van der Waals surface area contributed by atoms with E-state index in [2.05, 4.69) is 0 Å². The average Bonchev–Trinajstić information content (AvgIpc) is 2.28. The second-order valence-electron chi connectivity index (χ2n) is 4.74. The zero-order chi connectivity index (χ0) is 13.1. The maximum atomic E-state index is 6.29. The van der Waals surface area contributed by atoms with Gasteiger partial charge in [-0.3, -0.25) is 0 Å². The van der Waals surface area contributed by atoms with Crippen molar-refractivity contribution >= 4 is 0 Å². The fraction of sp³-hybridized carbons (Fsp3) is 0.571. The summed E-state index contributed by atoms with van der Waals surface area (Å²) in [5.74, 6) is 0.854. The smallest absolute Gasteiger partial charge is 0.119 e. The summed E-state index contributed by atoms with van der Waals surface area (Å²) in [4.78, 5) is 0. The lowest BCUT2D eigenvalue weighted by Gasteiger charge is -2.32. The van der Waals surface area contributed by atoms with Gasteiger partial charge in [0.2, 0.25) is 0 Å². The molecule has 0 spiro atoms. The summed E-state index contributed by atoms with van der Waals surface area (Å²) in [6, 6.07) is 5.80. The van der Waals surface area contributed by atoms with Crippen LogP contribution in [0.15, 0.2) is 18.2 Å². The van der Waals surface area contributed by atoms with Crippen molar-refractivity contribution in [3.05, 3.63) is 29.3 Å². The summed E-state index contributed by atoms with van der Waals surface area (Å²) >= 11 is 0. The van der Waals surface area contributed by atoms with Crippen LogP contribution in [0.2, 0.25) is 0 Å². The van der Waals surface area contributed by atoms with Crippen LogP contribution in [-0.2, 0) is 4.74 Å². The summed E-state index contributed by atoms with van der Waals surface area (Å²) in [5.41, 5.74) is 8.15. The summed E-state index contributed by atoms with van der Waals surface area (Å²) in [6.07, 6.45) is 0. The Morgan fingerprint density at radius 2 is 2.00 bits per heavy atom. The van der Waals surface area contributed by atoms with Crippen LogP contribution >= 0.6 is 0 Å². The van der Waals surface area contributed by atoms with E-state index in [-0.39, 0.29) is 11.6 Å². The molecule has 1 unspecified atom stereocenters. The van der Waals surface area contributed by atoms with Crippen molar-refractivity contribution in [2.75, 3.05) is 13.7 Å². The first-order valence-corrected chi connectivity index (χ1v) is 5.96. The van der Waals surface area contributed by atoms with Crippen LogP contribution in [0, 0.1) is 6.92 Å². The van der Waals surface area contributed by atoms with E-state index in [1.165, 1.54) is 0 Å². The molecule has 17 heavy (non-hydrogen) atoms. The Bertz CT molecular complexity index is 374. The molecular formula is C14H23NO2. The molecule has 0 aliphatic rings. The molecule has 96 valence electrons. The molecule has 0 saturated carbocycles. The van der Waals surface area contributed by atoms with Crippen molar-refractivity contribution in [3.63, 3.8) is 0 Å². The second-order valence-corrected chi connectivity index (χ2v) is 4.74. The van der Waals surface area contributed by atoms with Crippen molar-refractivity contribution in [1.29, 1.82) is 0 Å². The van der Waals surface area contributed by atoms with Gasteiger partial charge in [-0.25, -0.2) is 0 Å². The van der Waals surface area contributed by atoms with E-state index in [4.69, 9.17) is 15.2 Å². The largest absolute Gasteiger partial charge is 0.497 e. The maximum absolute atomic E-state index is 6.29. The minimum Gasteiger partial charge on any atom is -0.497 e. The highest BCUT2D eigenvalue weighted by atomic mass is 16.5. The van der Waals surface area contributed by atoms with E-state index in [0.29, 0.717) is 6.61 Å². The highest BCUT2D eigenvalue weighted by Crippen LogP contribution is 2.30. The molecule has 0 saturated heterocycles. The fourth-order valence-electron chi connectivity index (χ4n) is 1.96. The van der Waals surface area contributed by atoms with Crippen LogP contribution in [0.1, 0.15) is 37.9 Å². The molecule has 0 heterocycles. The standard InChI is InChI=1S/C14H23NO2/c1-6-17-14(3,4)13(15)12-8-7-11(16-5)9-10(12)2/h7-9,13H,6,15H2,1-5H3.